The Kier molecular flexibility index (Phi) is 6.23. The maximum absolute atomic E-state index is 12.1. The summed E-state index contributed by atoms with van der Waals surface area (Å²) < 4.78 is 0. The van der Waals surface area contributed by atoms with E-state index in [1.165, 1.54) is 0 Å². The Bertz CT molecular complexity index is 340. The smallest absolute Gasteiger partial charge is 0.223 e. The van der Waals surface area contributed by atoms with Gasteiger partial charge in [0.1, 0.15) is 0 Å². The Morgan fingerprint density at radius 3 is 2.38 bits per heavy atom. The lowest BCUT2D eigenvalue weighted by molar-refractivity contribution is -0.130. The van der Waals surface area contributed by atoms with Crippen molar-refractivity contribution in [2.75, 3.05) is 33.2 Å². The monoisotopic (exact) mass is 297 g/mol. The molecular weight excluding hydrogens is 262 g/mol. The molecule has 1 rings (SSSR count). The van der Waals surface area contributed by atoms with Gasteiger partial charge in [-0.15, -0.1) is 0 Å². The van der Waals surface area contributed by atoms with Crippen LogP contribution in [0.4, 0.5) is 0 Å². The zero-order valence-corrected chi connectivity index (χ0v) is 15.1. The minimum absolute atomic E-state index is 0.189. The van der Waals surface area contributed by atoms with Crippen molar-refractivity contribution in [1.29, 1.82) is 0 Å². The quantitative estimate of drug-likeness (QED) is 0.783. The molecule has 21 heavy (non-hydrogen) atoms. The van der Waals surface area contributed by atoms with Gasteiger partial charge in [-0.3, -0.25) is 9.69 Å². The largest absolute Gasteiger partial charge is 0.346 e. The number of nitrogens with one attached hydrogen (secondary N) is 1. The number of carbonyl (C=O) groups excluding carboxylic acids is 1. The fraction of sp³-hybridized carbons (Fsp3) is 0.941. The second-order valence-electron chi connectivity index (χ2n) is 8.36. The van der Waals surface area contributed by atoms with Crippen LogP contribution in [0.15, 0.2) is 0 Å². The number of carbonyl (C=O) groups is 1. The van der Waals surface area contributed by atoms with E-state index in [9.17, 15) is 4.79 Å². The first-order chi connectivity index (χ1) is 9.52. The van der Waals surface area contributed by atoms with E-state index in [4.69, 9.17) is 0 Å². The number of amides is 1. The lowest BCUT2D eigenvalue weighted by Crippen LogP contribution is -2.69. The summed E-state index contributed by atoms with van der Waals surface area (Å²) in [6.07, 6.45) is 1.64. The Hall–Kier alpha value is -0.610. The standard InChI is InChI=1S/C17H35N3O/c1-14(2)20-12-17(6,13-20)18-10-8-15(21)19(7)11-9-16(3,4)5/h14,18H,8-13H2,1-7H3. The second kappa shape index (κ2) is 7.10. The molecule has 1 amide bonds. The van der Waals surface area contributed by atoms with Gasteiger partial charge in [-0.1, -0.05) is 20.8 Å². The molecule has 0 aromatic rings. The first kappa shape index (κ1) is 18.4. The van der Waals surface area contributed by atoms with Crippen molar-refractivity contribution in [3.05, 3.63) is 0 Å². The summed E-state index contributed by atoms with van der Waals surface area (Å²) in [5.41, 5.74) is 0.473. The zero-order valence-electron chi connectivity index (χ0n) is 15.1. The summed E-state index contributed by atoms with van der Waals surface area (Å²) in [5, 5.41) is 3.55. The van der Waals surface area contributed by atoms with Crippen molar-refractivity contribution in [2.24, 2.45) is 5.41 Å². The van der Waals surface area contributed by atoms with Crippen molar-refractivity contribution in [3.63, 3.8) is 0 Å². The Labute approximate surface area is 131 Å². The Balaban J connectivity index is 2.19. The molecule has 1 aliphatic heterocycles. The van der Waals surface area contributed by atoms with Gasteiger partial charge < -0.3 is 10.2 Å². The Morgan fingerprint density at radius 1 is 1.33 bits per heavy atom. The summed E-state index contributed by atoms with van der Waals surface area (Å²) in [7, 11) is 1.92. The van der Waals surface area contributed by atoms with Gasteiger partial charge in [0, 0.05) is 51.2 Å². The van der Waals surface area contributed by atoms with Gasteiger partial charge in [0.05, 0.1) is 0 Å². The van der Waals surface area contributed by atoms with Gasteiger partial charge in [0.15, 0.2) is 0 Å². The maximum Gasteiger partial charge on any atom is 0.223 e. The van der Waals surface area contributed by atoms with Crippen LogP contribution in [0.2, 0.25) is 0 Å². The number of nitrogens with zero attached hydrogens (tertiary/aromatic N) is 2. The highest BCUT2D eigenvalue weighted by Gasteiger charge is 2.39. The predicted octanol–water partition coefficient (Wildman–Crippen LogP) is 2.34. The molecule has 1 aliphatic rings. The van der Waals surface area contributed by atoms with Gasteiger partial charge >= 0.3 is 0 Å². The molecule has 1 fully saturated rings. The molecule has 0 aromatic heterocycles. The normalized spacial score (nSPS) is 18.7. The average molecular weight is 297 g/mol. The number of rotatable bonds is 7. The molecular formula is C17H35N3O. The molecule has 124 valence electrons. The van der Waals surface area contributed by atoms with Gasteiger partial charge in [-0.25, -0.2) is 0 Å². The first-order valence-corrected chi connectivity index (χ1v) is 8.25. The third kappa shape index (κ3) is 6.35. The van der Waals surface area contributed by atoms with Crippen LogP contribution in [0.1, 0.15) is 54.4 Å². The van der Waals surface area contributed by atoms with Crippen molar-refractivity contribution >= 4 is 5.91 Å². The van der Waals surface area contributed by atoms with E-state index in [0.717, 1.165) is 32.6 Å². The van der Waals surface area contributed by atoms with Crippen LogP contribution in [-0.4, -0.2) is 60.5 Å². The van der Waals surface area contributed by atoms with E-state index in [1.807, 2.05) is 11.9 Å². The number of hydrogen-bond donors (Lipinski definition) is 1. The van der Waals surface area contributed by atoms with Crippen LogP contribution in [0, 0.1) is 5.41 Å². The topological polar surface area (TPSA) is 35.6 Å². The van der Waals surface area contributed by atoms with Crippen molar-refractivity contribution in [2.45, 2.75) is 66.0 Å². The van der Waals surface area contributed by atoms with Crippen LogP contribution < -0.4 is 5.32 Å². The molecule has 4 heteroatoms. The molecule has 0 unspecified atom stereocenters. The van der Waals surface area contributed by atoms with Gasteiger partial charge in [0.2, 0.25) is 5.91 Å². The predicted molar refractivity (Wildman–Crippen MR) is 89.4 cm³/mol. The molecule has 1 heterocycles. The summed E-state index contributed by atoms with van der Waals surface area (Å²) in [4.78, 5) is 16.4. The highest BCUT2D eigenvalue weighted by molar-refractivity contribution is 5.76. The van der Waals surface area contributed by atoms with Gasteiger partial charge in [-0.2, -0.15) is 0 Å². The summed E-state index contributed by atoms with van der Waals surface area (Å²) in [6, 6.07) is 0.616. The molecule has 0 spiro atoms. The van der Waals surface area contributed by atoms with Crippen LogP contribution in [-0.2, 0) is 4.79 Å². The van der Waals surface area contributed by atoms with Crippen molar-refractivity contribution < 1.29 is 4.79 Å². The summed E-state index contributed by atoms with van der Waals surface area (Å²) in [5.74, 6) is 0.246. The first-order valence-electron chi connectivity index (χ1n) is 8.25. The molecule has 0 aliphatic carbocycles. The van der Waals surface area contributed by atoms with Crippen LogP contribution in [0.5, 0.6) is 0 Å². The van der Waals surface area contributed by atoms with E-state index in [0.29, 0.717) is 12.5 Å². The number of likely N-dealkylation sites (tertiary alicyclic amines) is 1. The minimum Gasteiger partial charge on any atom is -0.346 e. The SMILES string of the molecule is CC(C)N1CC(C)(NCCC(=O)N(C)CCC(C)(C)C)C1. The van der Waals surface area contributed by atoms with E-state index in [1.54, 1.807) is 0 Å². The van der Waals surface area contributed by atoms with Crippen molar-refractivity contribution in [1.82, 2.24) is 15.1 Å². The fourth-order valence-corrected chi connectivity index (χ4v) is 2.62. The molecule has 0 bridgehead atoms. The molecule has 4 nitrogen and oxygen atoms in total. The highest BCUT2D eigenvalue weighted by atomic mass is 16.2. The Morgan fingerprint density at radius 2 is 1.90 bits per heavy atom. The van der Waals surface area contributed by atoms with Crippen LogP contribution in [0.3, 0.4) is 0 Å². The minimum atomic E-state index is 0.189. The lowest BCUT2D eigenvalue weighted by Gasteiger charge is -2.50. The zero-order chi connectivity index (χ0) is 16.3. The molecule has 0 aromatic carbocycles. The van der Waals surface area contributed by atoms with E-state index in [-0.39, 0.29) is 16.9 Å². The second-order valence-corrected chi connectivity index (χ2v) is 8.36. The number of hydrogen-bond acceptors (Lipinski definition) is 3. The third-order valence-electron chi connectivity index (χ3n) is 4.35. The van der Waals surface area contributed by atoms with Crippen LogP contribution >= 0.6 is 0 Å². The molecule has 0 atom stereocenters. The molecule has 0 radical (unpaired) electrons. The van der Waals surface area contributed by atoms with Gasteiger partial charge in [0.25, 0.3) is 0 Å². The van der Waals surface area contributed by atoms with Crippen LogP contribution in [0.25, 0.3) is 0 Å². The average Bonchev–Trinajstić information content (AvgIpc) is 2.31. The van der Waals surface area contributed by atoms with Crippen molar-refractivity contribution in [3.8, 4) is 0 Å². The van der Waals surface area contributed by atoms with Gasteiger partial charge in [-0.05, 0) is 32.6 Å². The summed E-state index contributed by atoms with van der Waals surface area (Å²) >= 11 is 0. The molecule has 1 N–H and O–H groups in total. The maximum atomic E-state index is 12.1. The summed E-state index contributed by atoms with van der Waals surface area (Å²) in [6.45, 7) is 17.1. The molecule has 1 saturated heterocycles. The third-order valence-corrected chi connectivity index (χ3v) is 4.35. The van der Waals surface area contributed by atoms with E-state index < -0.39 is 0 Å². The molecule has 0 saturated carbocycles. The fourth-order valence-electron chi connectivity index (χ4n) is 2.62. The lowest BCUT2D eigenvalue weighted by atomic mass is 9.90. The highest BCUT2D eigenvalue weighted by Crippen LogP contribution is 2.22. The van der Waals surface area contributed by atoms with E-state index in [2.05, 4.69) is 51.8 Å². The van der Waals surface area contributed by atoms with E-state index >= 15 is 0 Å².